The average Bonchev–Trinajstić information content (AvgIpc) is 3.53. The van der Waals surface area contributed by atoms with Gasteiger partial charge in [0, 0.05) is 42.6 Å². The third-order valence-corrected chi connectivity index (χ3v) is 7.61. The molecule has 1 aliphatic rings. The summed E-state index contributed by atoms with van der Waals surface area (Å²) in [5.41, 5.74) is 4.56. The molecule has 0 radical (unpaired) electrons. The summed E-state index contributed by atoms with van der Waals surface area (Å²) < 4.78 is 43.5. The number of para-hydroxylation sites is 1. The molecular weight excluding hydrogens is 550 g/mol. The molecule has 0 saturated heterocycles. The van der Waals surface area contributed by atoms with Crippen LogP contribution in [0, 0.1) is 11.6 Å². The Hall–Kier alpha value is -4.27. The highest BCUT2D eigenvalue weighted by Gasteiger charge is 2.29. The van der Waals surface area contributed by atoms with E-state index in [1.807, 2.05) is 28.8 Å². The molecule has 5 aromatic rings. The topological polar surface area (TPSA) is 73.6 Å². The number of halogens is 3. The lowest BCUT2D eigenvalue weighted by Crippen LogP contribution is -2.10. The molecule has 1 atom stereocenters. The van der Waals surface area contributed by atoms with Crippen molar-refractivity contribution in [1.29, 1.82) is 0 Å². The Bertz CT molecular complexity index is 1800. The zero-order valence-corrected chi connectivity index (χ0v) is 22.8. The number of hydrogen-bond acceptors (Lipinski definition) is 4. The van der Waals surface area contributed by atoms with E-state index in [9.17, 15) is 14.3 Å². The lowest BCUT2D eigenvalue weighted by Gasteiger charge is -2.14. The maximum Gasteiger partial charge on any atom is 0.335 e. The molecule has 41 heavy (non-hydrogen) atoms. The van der Waals surface area contributed by atoms with Gasteiger partial charge in [0.2, 0.25) is 0 Å². The summed E-state index contributed by atoms with van der Waals surface area (Å²) >= 11 is 5.92. The number of nitrogens with zero attached hydrogens (tertiary/aromatic N) is 2. The fourth-order valence-electron chi connectivity index (χ4n) is 5.33. The molecule has 2 heterocycles. The number of carboxylic acid groups (broad SMARTS) is 1. The Labute approximate surface area is 239 Å². The number of benzene rings is 4. The summed E-state index contributed by atoms with van der Waals surface area (Å²) in [4.78, 5) is 16.2. The lowest BCUT2D eigenvalue weighted by atomic mass is 9.97. The average molecular weight is 575 g/mol. The van der Waals surface area contributed by atoms with Crippen LogP contribution in [-0.4, -0.2) is 34.3 Å². The molecule has 6 nitrogen and oxygen atoms in total. The Balaban J connectivity index is 1.30. The van der Waals surface area contributed by atoms with Gasteiger partial charge in [0.1, 0.15) is 29.3 Å². The highest BCUT2D eigenvalue weighted by molar-refractivity contribution is 6.30. The van der Waals surface area contributed by atoms with Gasteiger partial charge in [-0.2, -0.15) is 0 Å². The normalized spacial score (nSPS) is 14.3. The molecule has 1 aromatic heterocycles. The number of carboxylic acids is 1. The number of imidazole rings is 1. The fourth-order valence-corrected chi connectivity index (χ4v) is 5.49. The van der Waals surface area contributed by atoms with Crippen molar-refractivity contribution in [2.24, 2.45) is 0 Å². The first-order valence-corrected chi connectivity index (χ1v) is 13.4. The van der Waals surface area contributed by atoms with Gasteiger partial charge in [0.25, 0.3) is 0 Å². The van der Waals surface area contributed by atoms with Gasteiger partial charge < -0.3 is 19.1 Å². The molecule has 6 rings (SSSR count). The van der Waals surface area contributed by atoms with Gasteiger partial charge in [-0.1, -0.05) is 48.0 Å². The van der Waals surface area contributed by atoms with Crippen molar-refractivity contribution in [2.45, 2.75) is 25.5 Å². The minimum atomic E-state index is -1.03. The largest absolute Gasteiger partial charge is 0.484 e. The van der Waals surface area contributed by atoms with Gasteiger partial charge in [-0.15, -0.1) is 0 Å². The minimum absolute atomic E-state index is 0.150. The predicted octanol–water partition coefficient (Wildman–Crippen LogP) is 7.25. The van der Waals surface area contributed by atoms with E-state index in [2.05, 4.69) is 4.98 Å². The van der Waals surface area contributed by atoms with Crippen molar-refractivity contribution >= 4 is 28.6 Å². The van der Waals surface area contributed by atoms with Crippen LogP contribution in [0.5, 0.6) is 5.75 Å². The van der Waals surface area contributed by atoms with E-state index in [4.69, 9.17) is 21.1 Å². The molecule has 1 unspecified atom stereocenters. The molecule has 0 fully saturated rings. The number of methoxy groups -OCH3 is 1. The van der Waals surface area contributed by atoms with Crippen molar-refractivity contribution in [3.05, 3.63) is 118 Å². The highest BCUT2D eigenvalue weighted by Crippen LogP contribution is 2.44. The van der Waals surface area contributed by atoms with Gasteiger partial charge in [-0.05, 0) is 53.1 Å². The van der Waals surface area contributed by atoms with Crippen LogP contribution in [-0.2, 0) is 24.1 Å². The molecule has 0 bridgehead atoms. The monoisotopic (exact) mass is 574 g/mol. The molecule has 0 amide bonds. The molecule has 0 aliphatic carbocycles. The number of carbonyl (C=O) groups is 1. The summed E-state index contributed by atoms with van der Waals surface area (Å²) in [6.45, 7) is 0.825. The molecule has 1 N–H and O–H groups in total. The van der Waals surface area contributed by atoms with E-state index in [0.29, 0.717) is 63.9 Å². The van der Waals surface area contributed by atoms with Crippen LogP contribution in [0.25, 0.3) is 22.2 Å². The first-order chi connectivity index (χ1) is 19.8. The molecule has 1 aliphatic heterocycles. The first-order valence-electron chi connectivity index (χ1n) is 13.1. The van der Waals surface area contributed by atoms with Crippen molar-refractivity contribution in [3.63, 3.8) is 0 Å². The predicted molar refractivity (Wildman–Crippen MR) is 152 cm³/mol. The van der Waals surface area contributed by atoms with Crippen molar-refractivity contribution < 1.29 is 28.2 Å². The molecular formula is C32H25ClF2N2O4. The highest BCUT2D eigenvalue weighted by atomic mass is 35.5. The number of ether oxygens (including phenoxy) is 2. The quantitative estimate of drug-likeness (QED) is 0.211. The van der Waals surface area contributed by atoms with Crippen LogP contribution in [0.1, 0.15) is 39.0 Å². The number of aromatic carboxylic acids is 1. The third-order valence-electron chi connectivity index (χ3n) is 7.38. The summed E-state index contributed by atoms with van der Waals surface area (Å²) in [5, 5.41) is 9.75. The standard InChI is InChI=1S/C32H25ClF2N2O4/c1-40-12-11-37-28-14-21(32(38)39)7-10-27(28)36-30(37)16-19-6-5-18(13-25(19)34)23-4-2-3-20-15-29(41-31(20)23)24-9-8-22(33)17-26(24)35/h2-10,13-14,17,29H,11-12,15-16H2,1H3,(H,38,39). The minimum Gasteiger partial charge on any atom is -0.484 e. The summed E-state index contributed by atoms with van der Waals surface area (Å²) in [7, 11) is 1.58. The van der Waals surface area contributed by atoms with Crippen molar-refractivity contribution in [2.75, 3.05) is 13.7 Å². The van der Waals surface area contributed by atoms with Crippen LogP contribution in [0.3, 0.4) is 0 Å². The van der Waals surface area contributed by atoms with Crippen LogP contribution >= 0.6 is 11.6 Å². The second-order valence-electron chi connectivity index (χ2n) is 9.93. The van der Waals surface area contributed by atoms with Crippen LogP contribution in [0.2, 0.25) is 5.02 Å². The van der Waals surface area contributed by atoms with Crippen LogP contribution in [0.4, 0.5) is 8.78 Å². The SMILES string of the molecule is COCCn1c(Cc2ccc(-c3cccc4c3OC(c3ccc(Cl)cc3F)C4)cc2F)nc2ccc(C(=O)O)cc21. The molecule has 0 spiro atoms. The second kappa shape index (κ2) is 11.0. The Morgan fingerprint density at radius 2 is 1.95 bits per heavy atom. The second-order valence-corrected chi connectivity index (χ2v) is 10.4. The van der Waals surface area contributed by atoms with Crippen molar-refractivity contribution in [3.8, 4) is 16.9 Å². The summed E-state index contributed by atoms with van der Waals surface area (Å²) in [5.74, 6) is -0.661. The first kappa shape index (κ1) is 26.9. The van der Waals surface area contributed by atoms with Gasteiger partial charge in [-0.3, -0.25) is 0 Å². The molecule has 9 heteroatoms. The number of fused-ring (bicyclic) bond motifs is 2. The number of hydrogen-bond donors (Lipinski definition) is 1. The van der Waals surface area contributed by atoms with E-state index in [-0.39, 0.29) is 12.0 Å². The van der Waals surface area contributed by atoms with Gasteiger partial charge >= 0.3 is 5.97 Å². The zero-order valence-electron chi connectivity index (χ0n) is 22.0. The molecule has 4 aromatic carbocycles. The van der Waals surface area contributed by atoms with E-state index >= 15 is 4.39 Å². The Morgan fingerprint density at radius 1 is 1.10 bits per heavy atom. The fraction of sp³-hybridized carbons (Fsp3) is 0.188. The summed E-state index contributed by atoms with van der Waals surface area (Å²) in [6.07, 6.45) is 0.187. The smallest absolute Gasteiger partial charge is 0.335 e. The molecule has 0 saturated carbocycles. The van der Waals surface area contributed by atoms with Crippen LogP contribution in [0.15, 0.2) is 72.8 Å². The summed E-state index contributed by atoms with van der Waals surface area (Å²) in [6, 6.07) is 20.0. The maximum absolute atomic E-state index is 15.6. The van der Waals surface area contributed by atoms with Crippen molar-refractivity contribution in [1.82, 2.24) is 9.55 Å². The number of aromatic nitrogens is 2. The lowest BCUT2D eigenvalue weighted by molar-refractivity contribution is 0.0697. The zero-order chi connectivity index (χ0) is 28.7. The van der Waals surface area contributed by atoms with Gasteiger partial charge in [0.05, 0.1) is 23.2 Å². The van der Waals surface area contributed by atoms with Gasteiger partial charge in [0.15, 0.2) is 0 Å². The van der Waals surface area contributed by atoms with Gasteiger partial charge in [-0.25, -0.2) is 18.6 Å². The number of rotatable bonds is 8. The van der Waals surface area contributed by atoms with E-state index in [1.165, 1.54) is 18.2 Å². The molecule has 208 valence electrons. The Morgan fingerprint density at radius 3 is 2.71 bits per heavy atom. The van der Waals surface area contributed by atoms with E-state index in [1.54, 1.807) is 37.4 Å². The maximum atomic E-state index is 15.6. The Kier molecular flexibility index (Phi) is 7.19. The van der Waals surface area contributed by atoms with E-state index in [0.717, 1.165) is 11.1 Å². The van der Waals surface area contributed by atoms with E-state index < -0.39 is 23.7 Å². The van der Waals surface area contributed by atoms with Crippen LogP contribution < -0.4 is 4.74 Å². The third kappa shape index (κ3) is 5.16.